The normalized spacial score (nSPS) is 11.9. The topological polar surface area (TPSA) is 66.8 Å². The van der Waals surface area contributed by atoms with Crippen molar-refractivity contribution in [3.63, 3.8) is 0 Å². The Labute approximate surface area is 148 Å². The van der Waals surface area contributed by atoms with Crippen molar-refractivity contribution in [2.75, 3.05) is 0 Å². The molecule has 0 fully saturated rings. The van der Waals surface area contributed by atoms with E-state index in [4.69, 9.17) is 4.74 Å². The van der Waals surface area contributed by atoms with Crippen LogP contribution in [0.15, 0.2) is 55.1 Å². The Bertz CT molecular complexity index is 690. The first-order valence-corrected chi connectivity index (χ1v) is 8.06. The van der Waals surface area contributed by atoms with Gasteiger partial charge in [-0.3, -0.25) is 4.79 Å². The molecule has 0 aromatic heterocycles. The summed E-state index contributed by atoms with van der Waals surface area (Å²) in [5.41, 5.74) is -0.483. The summed E-state index contributed by atoms with van der Waals surface area (Å²) in [7, 11) is 0. The van der Waals surface area contributed by atoms with Gasteiger partial charge in [-0.05, 0) is 75.2 Å². The van der Waals surface area contributed by atoms with Gasteiger partial charge in [0, 0.05) is 5.56 Å². The third kappa shape index (κ3) is 4.78. The molecule has 0 aliphatic rings. The number of hydrogen-bond acceptors (Lipinski definition) is 4. The van der Waals surface area contributed by atoms with Gasteiger partial charge >= 0.3 is 0 Å². The molecule has 0 atom stereocenters. The monoisotopic (exact) mass is 340 g/mol. The molecule has 2 aromatic rings. The minimum atomic E-state index is -1.40. The van der Waals surface area contributed by atoms with Crippen LogP contribution in [0.2, 0.25) is 0 Å². The molecule has 0 radical (unpaired) electrons. The number of hydrogen-bond donors (Lipinski definition) is 2. The number of ketones is 1. The smallest absolute Gasteiger partial charge is 0.193 e. The maximum atomic E-state index is 12.0. The molecule has 4 nitrogen and oxygen atoms in total. The van der Waals surface area contributed by atoms with Crippen molar-refractivity contribution in [2.24, 2.45) is 0 Å². The lowest BCUT2D eigenvalue weighted by Crippen LogP contribution is -2.30. The second-order valence-corrected chi connectivity index (χ2v) is 7.08. The summed E-state index contributed by atoms with van der Waals surface area (Å²) in [6.07, 6.45) is 0. The quantitative estimate of drug-likeness (QED) is 0.773. The Hall–Kier alpha value is -2.43. The lowest BCUT2D eigenvalue weighted by atomic mass is 9.93. The van der Waals surface area contributed by atoms with Crippen molar-refractivity contribution >= 4 is 11.4 Å². The fourth-order valence-electron chi connectivity index (χ4n) is 2.24. The molecule has 0 saturated heterocycles. The minimum Gasteiger partial charge on any atom is -0.457 e. The van der Waals surface area contributed by atoms with Crippen molar-refractivity contribution < 1.29 is 19.7 Å². The van der Waals surface area contributed by atoms with Gasteiger partial charge in [-0.2, -0.15) is 0 Å². The minimum absolute atomic E-state index is 0.339. The molecule has 0 saturated carbocycles. The standard InChI is InChI=1S/C21H24O4/c1-14(20(2,3)23)15-6-10-17(11-7-15)25-18-12-8-16(9-13-18)19(22)21(4,5)24/h6-13,23-24H,1H2,2-5H3. The molecule has 0 amide bonds. The highest BCUT2D eigenvalue weighted by atomic mass is 16.5. The predicted octanol–water partition coefficient (Wildman–Crippen LogP) is 4.22. The molecular formula is C21H24O4. The van der Waals surface area contributed by atoms with Gasteiger partial charge in [-0.1, -0.05) is 18.7 Å². The van der Waals surface area contributed by atoms with Gasteiger partial charge in [0.15, 0.2) is 5.78 Å². The average molecular weight is 340 g/mol. The van der Waals surface area contributed by atoms with Crippen LogP contribution in [0, 0.1) is 0 Å². The largest absolute Gasteiger partial charge is 0.457 e. The summed E-state index contributed by atoms with van der Waals surface area (Å²) in [5, 5.41) is 19.8. The Morgan fingerprint density at radius 2 is 1.20 bits per heavy atom. The van der Waals surface area contributed by atoms with Gasteiger partial charge in [-0.25, -0.2) is 0 Å². The highest BCUT2D eigenvalue weighted by molar-refractivity contribution is 6.01. The summed E-state index contributed by atoms with van der Waals surface area (Å²) in [4.78, 5) is 12.0. The second-order valence-electron chi connectivity index (χ2n) is 7.08. The predicted molar refractivity (Wildman–Crippen MR) is 98.9 cm³/mol. The second kappa shape index (κ2) is 6.82. The van der Waals surface area contributed by atoms with Crippen LogP contribution in [0.4, 0.5) is 0 Å². The number of carbonyl (C=O) groups excluding carboxylic acids is 1. The fraction of sp³-hybridized carbons (Fsp3) is 0.286. The van der Waals surface area contributed by atoms with Crippen molar-refractivity contribution in [2.45, 2.75) is 38.9 Å². The fourth-order valence-corrected chi connectivity index (χ4v) is 2.24. The van der Waals surface area contributed by atoms with Crippen LogP contribution < -0.4 is 4.74 Å². The van der Waals surface area contributed by atoms with Gasteiger partial charge < -0.3 is 14.9 Å². The Morgan fingerprint density at radius 1 is 0.800 bits per heavy atom. The van der Waals surface area contributed by atoms with Crippen molar-refractivity contribution in [1.29, 1.82) is 0 Å². The Balaban J connectivity index is 2.10. The maximum absolute atomic E-state index is 12.0. The van der Waals surface area contributed by atoms with E-state index in [2.05, 4.69) is 6.58 Å². The van der Waals surface area contributed by atoms with Crippen LogP contribution in [0.25, 0.3) is 5.57 Å². The van der Waals surface area contributed by atoms with Crippen LogP contribution in [0.3, 0.4) is 0 Å². The number of ether oxygens (including phenoxy) is 1. The van der Waals surface area contributed by atoms with Crippen LogP contribution in [-0.4, -0.2) is 27.2 Å². The molecule has 25 heavy (non-hydrogen) atoms. The third-order valence-electron chi connectivity index (χ3n) is 3.85. The average Bonchev–Trinajstić information content (AvgIpc) is 2.53. The summed E-state index contributed by atoms with van der Waals surface area (Å²) in [5.74, 6) is 0.878. The molecule has 0 bridgehead atoms. The van der Waals surface area contributed by atoms with Crippen molar-refractivity contribution in [3.8, 4) is 11.5 Å². The number of rotatable bonds is 6. The van der Waals surface area contributed by atoms with E-state index in [9.17, 15) is 15.0 Å². The Kier molecular flexibility index (Phi) is 5.16. The van der Waals surface area contributed by atoms with Crippen LogP contribution in [0.1, 0.15) is 43.6 Å². The van der Waals surface area contributed by atoms with Gasteiger partial charge in [0.2, 0.25) is 0 Å². The third-order valence-corrected chi connectivity index (χ3v) is 3.85. The first kappa shape index (κ1) is 18.9. The molecule has 2 aromatic carbocycles. The van der Waals surface area contributed by atoms with E-state index in [0.29, 0.717) is 22.6 Å². The first-order chi connectivity index (χ1) is 11.5. The molecule has 0 aliphatic heterocycles. The van der Waals surface area contributed by atoms with E-state index < -0.39 is 11.2 Å². The van der Waals surface area contributed by atoms with Gasteiger partial charge in [0.25, 0.3) is 0 Å². The summed E-state index contributed by atoms with van der Waals surface area (Å²) in [6.45, 7) is 10.2. The maximum Gasteiger partial charge on any atom is 0.193 e. The number of carbonyl (C=O) groups is 1. The molecule has 2 N–H and O–H groups in total. The van der Waals surface area contributed by atoms with Crippen LogP contribution >= 0.6 is 0 Å². The molecule has 0 aliphatic carbocycles. The molecule has 0 heterocycles. The molecule has 2 rings (SSSR count). The van der Waals surface area contributed by atoms with E-state index in [-0.39, 0.29) is 5.78 Å². The Morgan fingerprint density at radius 3 is 1.56 bits per heavy atom. The molecule has 0 spiro atoms. The van der Waals surface area contributed by atoms with Crippen LogP contribution in [-0.2, 0) is 0 Å². The summed E-state index contributed by atoms with van der Waals surface area (Å²) >= 11 is 0. The van der Waals surface area contributed by atoms with Gasteiger partial charge in [0.1, 0.15) is 17.1 Å². The lowest BCUT2D eigenvalue weighted by molar-refractivity contribution is 0.0488. The van der Waals surface area contributed by atoms with E-state index in [0.717, 1.165) is 5.56 Å². The van der Waals surface area contributed by atoms with E-state index in [1.807, 2.05) is 12.1 Å². The SMILES string of the molecule is C=C(c1ccc(Oc2ccc(C(=O)C(C)(C)O)cc2)cc1)C(C)(C)O. The zero-order chi connectivity index (χ0) is 18.8. The summed E-state index contributed by atoms with van der Waals surface area (Å²) < 4.78 is 5.75. The highest BCUT2D eigenvalue weighted by Crippen LogP contribution is 2.28. The van der Waals surface area contributed by atoms with Gasteiger partial charge in [-0.15, -0.1) is 0 Å². The molecule has 132 valence electrons. The number of benzene rings is 2. The summed E-state index contributed by atoms with van der Waals surface area (Å²) in [6, 6.07) is 13.9. The number of Topliss-reactive ketones (excluding diaryl/α,β-unsaturated/α-hetero) is 1. The van der Waals surface area contributed by atoms with E-state index >= 15 is 0 Å². The highest BCUT2D eigenvalue weighted by Gasteiger charge is 2.25. The first-order valence-electron chi connectivity index (χ1n) is 8.06. The molecular weight excluding hydrogens is 316 g/mol. The zero-order valence-electron chi connectivity index (χ0n) is 15.0. The van der Waals surface area contributed by atoms with Crippen molar-refractivity contribution in [1.82, 2.24) is 0 Å². The van der Waals surface area contributed by atoms with Crippen molar-refractivity contribution in [3.05, 3.63) is 66.2 Å². The van der Waals surface area contributed by atoms with Crippen LogP contribution in [0.5, 0.6) is 11.5 Å². The molecule has 4 heteroatoms. The van der Waals surface area contributed by atoms with Gasteiger partial charge in [0.05, 0.1) is 5.60 Å². The lowest BCUT2D eigenvalue weighted by Gasteiger charge is -2.20. The van der Waals surface area contributed by atoms with E-state index in [1.165, 1.54) is 13.8 Å². The van der Waals surface area contributed by atoms with E-state index in [1.54, 1.807) is 50.2 Å². The number of aliphatic hydroxyl groups is 2. The zero-order valence-corrected chi connectivity index (χ0v) is 15.0. The molecule has 0 unspecified atom stereocenters.